The molecule has 1 atom stereocenters. The Labute approximate surface area is 407 Å². The van der Waals surface area contributed by atoms with Crippen LogP contribution in [0.2, 0.25) is 0 Å². The molecule has 5 aromatic rings. The molecule has 0 saturated carbocycles. The van der Waals surface area contributed by atoms with Crippen molar-refractivity contribution in [3.05, 3.63) is 55.7 Å². The second-order valence-electron chi connectivity index (χ2n) is 18.1. The maximum Gasteiger partial charge on any atom is 0.262 e. The van der Waals surface area contributed by atoms with Gasteiger partial charge in [-0.25, -0.2) is 0 Å². The van der Waals surface area contributed by atoms with Crippen molar-refractivity contribution in [3.8, 4) is 19.5 Å². The van der Waals surface area contributed by atoms with Crippen LogP contribution in [0.5, 0.6) is 0 Å². The Morgan fingerprint density at radius 1 is 0.476 bits per heavy atom. The highest BCUT2D eigenvalue weighted by Crippen LogP contribution is 2.47. The molecule has 0 aliphatic carbocycles. The molecular formula is C54H81NO2S6. The van der Waals surface area contributed by atoms with E-state index in [9.17, 15) is 9.59 Å². The number of thiophene rings is 4. The summed E-state index contributed by atoms with van der Waals surface area (Å²) >= 11 is 11.0. The summed E-state index contributed by atoms with van der Waals surface area (Å²) in [4.78, 5) is 37.4. The van der Waals surface area contributed by atoms with Crippen LogP contribution >= 0.6 is 68.9 Å². The molecule has 1 unspecified atom stereocenters. The first-order valence-corrected chi connectivity index (χ1v) is 30.9. The van der Waals surface area contributed by atoms with E-state index < -0.39 is 0 Å². The number of rotatable bonds is 36. The van der Waals surface area contributed by atoms with Crippen LogP contribution in [0, 0.1) is 5.92 Å². The van der Waals surface area contributed by atoms with Crippen molar-refractivity contribution in [1.29, 1.82) is 0 Å². The molecule has 0 saturated heterocycles. The van der Waals surface area contributed by atoms with Crippen LogP contribution in [-0.2, 0) is 6.54 Å². The zero-order valence-corrected chi connectivity index (χ0v) is 44.6. The number of thioether (sulfide) groups is 2. The number of fused-ring (bicyclic) bond motifs is 3. The summed E-state index contributed by atoms with van der Waals surface area (Å²) in [7, 11) is 0. The summed E-state index contributed by atoms with van der Waals surface area (Å²) in [6.07, 6.45) is 35.9. The molecule has 0 amide bonds. The minimum atomic E-state index is -0.0913. The maximum atomic E-state index is 14.9. The van der Waals surface area contributed by atoms with Gasteiger partial charge < -0.3 is 0 Å². The van der Waals surface area contributed by atoms with Crippen LogP contribution in [0.4, 0.5) is 0 Å². The van der Waals surface area contributed by atoms with Crippen molar-refractivity contribution >= 4 is 89.0 Å². The average Bonchev–Trinajstić information content (AvgIpc) is 4.12. The number of aromatic nitrogens is 1. The Hall–Kier alpha value is -1.36. The number of unbranched alkanes of at least 4 members (excludes halogenated alkanes) is 22. The lowest BCUT2D eigenvalue weighted by molar-refractivity contribution is 0.351. The molecule has 5 heterocycles. The van der Waals surface area contributed by atoms with Gasteiger partial charge in [0.1, 0.15) is 0 Å². The molecule has 9 heteroatoms. The zero-order chi connectivity index (χ0) is 44.5. The van der Waals surface area contributed by atoms with Crippen LogP contribution in [-0.4, -0.2) is 16.1 Å². The fraction of sp³-hybridized carbons (Fsp3) is 0.667. The van der Waals surface area contributed by atoms with Crippen molar-refractivity contribution < 1.29 is 0 Å². The van der Waals surface area contributed by atoms with Gasteiger partial charge in [0.15, 0.2) is 0 Å². The molecule has 5 aromatic heterocycles. The highest BCUT2D eigenvalue weighted by atomic mass is 32.2. The molecule has 0 fully saturated rings. The molecule has 0 bridgehead atoms. The van der Waals surface area contributed by atoms with Gasteiger partial charge in [0.2, 0.25) is 0 Å². The normalized spacial score (nSPS) is 12.4. The molecule has 0 aliphatic rings. The smallest absolute Gasteiger partial charge is 0.262 e. The second-order valence-corrected chi connectivity index (χ2v) is 24.3. The first kappa shape index (κ1) is 52.6. The molecule has 0 aromatic carbocycles. The number of hydrogen-bond donors (Lipinski definition) is 0. The van der Waals surface area contributed by atoms with Gasteiger partial charge in [0.25, 0.3) is 11.1 Å². The van der Waals surface area contributed by atoms with E-state index in [1.165, 1.54) is 186 Å². The molecule has 0 N–H and O–H groups in total. The summed E-state index contributed by atoms with van der Waals surface area (Å²) in [5.41, 5.74) is -0.183. The van der Waals surface area contributed by atoms with Crippen molar-refractivity contribution in [2.24, 2.45) is 5.92 Å². The first-order chi connectivity index (χ1) is 31.0. The van der Waals surface area contributed by atoms with Gasteiger partial charge in [-0.3, -0.25) is 14.2 Å². The van der Waals surface area contributed by atoms with Crippen molar-refractivity contribution in [2.75, 3.05) is 11.5 Å². The van der Waals surface area contributed by atoms with E-state index in [1.807, 2.05) is 23.5 Å². The van der Waals surface area contributed by atoms with Gasteiger partial charge in [0.05, 0.1) is 29.9 Å². The Morgan fingerprint density at radius 2 is 0.825 bits per heavy atom. The summed E-state index contributed by atoms with van der Waals surface area (Å²) in [5.74, 6) is 2.58. The lowest BCUT2D eigenvalue weighted by atomic mass is 9.94. The van der Waals surface area contributed by atoms with Crippen LogP contribution in [0.25, 0.3) is 39.7 Å². The molecule has 63 heavy (non-hydrogen) atoms. The lowest BCUT2D eigenvalue weighted by Gasteiger charge is -2.17. The molecule has 0 spiro atoms. The van der Waals surface area contributed by atoms with Crippen LogP contribution in [0.3, 0.4) is 0 Å². The van der Waals surface area contributed by atoms with Gasteiger partial charge in [-0.2, -0.15) is 0 Å². The predicted molar refractivity (Wildman–Crippen MR) is 291 cm³/mol. The number of nitrogens with zero attached hydrogens (tertiary/aromatic N) is 1. The Bertz CT molecular complexity index is 1990. The topological polar surface area (TPSA) is 39.1 Å². The van der Waals surface area contributed by atoms with Gasteiger partial charge in [0, 0.05) is 26.1 Å². The van der Waals surface area contributed by atoms with E-state index in [-0.39, 0.29) is 11.1 Å². The maximum absolute atomic E-state index is 14.9. The largest absolute Gasteiger partial charge is 0.274 e. The Balaban J connectivity index is 1.44. The zero-order valence-electron chi connectivity index (χ0n) is 39.7. The highest BCUT2D eigenvalue weighted by molar-refractivity contribution is 7.99. The predicted octanol–water partition coefficient (Wildman–Crippen LogP) is 19.9. The van der Waals surface area contributed by atoms with E-state index in [0.717, 1.165) is 54.3 Å². The van der Waals surface area contributed by atoms with E-state index in [0.29, 0.717) is 12.5 Å². The fourth-order valence-corrected chi connectivity index (χ4v) is 16.1. The van der Waals surface area contributed by atoms with Crippen LogP contribution in [0.1, 0.15) is 207 Å². The van der Waals surface area contributed by atoms with Crippen molar-refractivity contribution in [3.63, 3.8) is 0 Å². The molecule has 3 nitrogen and oxygen atoms in total. The average molecular weight is 969 g/mol. The van der Waals surface area contributed by atoms with Gasteiger partial charge in [-0.05, 0) is 78.1 Å². The van der Waals surface area contributed by atoms with Gasteiger partial charge in [-0.1, -0.05) is 182 Å². The van der Waals surface area contributed by atoms with E-state index >= 15 is 0 Å². The second kappa shape index (κ2) is 30.8. The minimum Gasteiger partial charge on any atom is -0.274 e. The fourth-order valence-electron chi connectivity index (χ4n) is 8.89. The Kier molecular flexibility index (Phi) is 25.7. The number of hydrogen-bond acceptors (Lipinski definition) is 8. The highest BCUT2D eigenvalue weighted by Gasteiger charge is 2.22. The first-order valence-electron chi connectivity index (χ1n) is 25.6. The summed E-state index contributed by atoms with van der Waals surface area (Å²) < 4.78 is 3.67. The standard InChI is InChI=1S/C54H81NO2S6/c1-5-9-13-17-20-22-25-29-35-58-45-33-37-60-51(45)47-39-43-49(62-47)50-44(40-48(63-50)52-46(34-38-61-52)59-36-30-26-23-21-18-14-10-6-2)54(57)55(53(43)56)41-42(31-27-16-12-8-4)32-28-24-19-15-11-7-3/h33-34,37-40,42H,5-32,35-36,41H2,1-4H3. The van der Waals surface area contributed by atoms with Gasteiger partial charge >= 0.3 is 0 Å². The third kappa shape index (κ3) is 17.0. The SMILES string of the molecule is CCCCCCCCCCSc1ccsc1-c1cc2c(=O)n(CC(CCCCCC)CCCCCCCC)c(=O)c3cc(-c4sccc4SCCCCCCCCCC)sc3c2s1. The molecular weight excluding hydrogens is 887 g/mol. The summed E-state index contributed by atoms with van der Waals surface area (Å²) in [6, 6.07) is 8.87. The molecule has 350 valence electrons. The minimum absolute atomic E-state index is 0.0913. The third-order valence-electron chi connectivity index (χ3n) is 12.7. The summed E-state index contributed by atoms with van der Waals surface area (Å²) in [6.45, 7) is 9.64. The quantitative estimate of drug-likeness (QED) is 0.0296. The van der Waals surface area contributed by atoms with Crippen molar-refractivity contribution in [1.82, 2.24) is 4.57 Å². The lowest BCUT2D eigenvalue weighted by Crippen LogP contribution is -2.33. The molecule has 0 aliphatic heterocycles. The van der Waals surface area contributed by atoms with E-state index in [2.05, 4.69) is 62.7 Å². The third-order valence-corrected chi connectivity index (χ3v) is 19.9. The van der Waals surface area contributed by atoms with Crippen LogP contribution in [0.15, 0.2) is 54.4 Å². The summed E-state index contributed by atoms with van der Waals surface area (Å²) in [5, 5.41) is 5.89. The Morgan fingerprint density at radius 3 is 1.22 bits per heavy atom. The van der Waals surface area contributed by atoms with Crippen molar-refractivity contribution in [2.45, 2.75) is 224 Å². The van der Waals surface area contributed by atoms with E-state index in [4.69, 9.17) is 0 Å². The molecule has 5 rings (SSSR count). The van der Waals surface area contributed by atoms with E-state index in [1.54, 1.807) is 49.9 Å². The van der Waals surface area contributed by atoms with Gasteiger partial charge in [-0.15, -0.1) is 68.9 Å². The monoisotopic (exact) mass is 967 g/mol. The molecule has 0 radical (unpaired) electrons. The van der Waals surface area contributed by atoms with Crippen LogP contribution < -0.4 is 11.1 Å².